The molecule has 2 rings (SSSR count). The van der Waals surface area contributed by atoms with E-state index in [-0.39, 0.29) is 0 Å². The number of anilines is 1. The molecular formula is C15H20N2S. The minimum atomic E-state index is 0.947. The van der Waals surface area contributed by atoms with Crippen molar-refractivity contribution >= 4 is 16.5 Å². The maximum absolute atomic E-state index is 4.57. The van der Waals surface area contributed by atoms with Gasteiger partial charge in [0, 0.05) is 11.4 Å². The number of aryl methyl sites for hydroxylation is 2. The molecule has 2 aromatic rings. The normalized spacial score (nSPS) is 10.6. The third kappa shape index (κ3) is 3.57. The highest BCUT2D eigenvalue weighted by atomic mass is 32.1. The van der Waals surface area contributed by atoms with Gasteiger partial charge in [0.1, 0.15) is 0 Å². The summed E-state index contributed by atoms with van der Waals surface area (Å²) in [4.78, 5) is 5.98. The van der Waals surface area contributed by atoms with Gasteiger partial charge in [0.25, 0.3) is 0 Å². The van der Waals surface area contributed by atoms with Crippen molar-refractivity contribution < 1.29 is 0 Å². The van der Waals surface area contributed by atoms with Crippen LogP contribution in [-0.2, 0) is 12.8 Å². The van der Waals surface area contributed by atoms with Crippen LogP contribution in [0, 0.1) is 6.92 Å². The maximum Gasteiger partial charge on any atom is 0.183 e. The van der Waals surface area contributed by atoms with Crippen molar-refractivity contribution in [3.05, 3.63) is 46.5 Å². The lowest BCUT2D eigenvalue weighted by Gasteiger charge is -2.02. The molecule has 0 radical (unpaired) electrons. The minimum absolute atomic E-state index is 0.947. The average molecular weight is 260 g/mol. The van der Waals surface area contributed by atoms with Crippen molar-refractivity contribution in [3.63, 3.8) is 0 Å². The number of benzene rings is 1. The molecule has 0 aliphatic carbocycles. The standard InChI is InChI=1S/C15H20N2S/c1-3-7-14-12(2)17-15(18-14)16-11-10-13-8-5-4-6-9-13/h4-6,8-9H,3,7,10-11H2,1-2H3,(H,16,17). The molecule has 0 saturated heterocycles. The molecule has 1 aromatic carbocycles. The van der Waals surface area contributed by atoms with Gasteiger partial charge in [-0.05, 0) is 25.3 Å². The third-order valence-electron chi connectivity index (χ3n) is 2.90. The monoisotopic (exact) mass is 260 g/mol. The molecule has 0 fully saturated rings. The molecule has 0 aliphatic heterocycles. The second-order valence-electron chi connectivity index (χ2n) is 4.44. The van der Waals surface area contributed by atoms with Crippen LogP contribution in [-0.4, -0.2) is 11.5 Å². The zero-order valence-electron chi connectivity index (χ0n) is 11.1. The van der Waals surface area contributed by atoms with Crippen molar-refractivity contribution in [1.29, 1.82) is 0 Å². The van der Waals surface area contributed by atoms with Gasteiger partial charge in [-0.3, -0.25) is 0 Å². The first kappa shape index (κ1) is 13.1. The molecule has 2 nitrogen and oxygen atoms in total. The topological polar surface area (TPSA) is 24.9 Å². The van der Waals surface area contributed by atoms with Gasteiger partial charge in [0.15, 0.2) is 5.13 Å². The lowest BCUT2D eigenvalue weighted by Crippen LogP contribution is -2.04. The summed E-state index contributed by atoms with van der Waals surface area (Å²) in [6, 6.07) is 10.6. The molecule has 0 bridgehead atoms. The summed E-state index contributed by atoms with van der Waals surface area (Å²) >= 11 is 1.80. The van der Waals surface area contributed by atoms with Gasteiger partial charge in [-0.2, -0.15) is 0 Å². The molecule has 0 amide bonds. The second-order valence-corrected chi connectivity index (χ2v) is 5.52. The van der Waals surface area contributed by atoms with Crippen LogP contribution in [0.5, 0.6) is 0 Å². The van der Waals surface area contributed by atoms with Crippen molar-refractivity contribution in [2.45, 2.75) is 33.1 Å². The Balaban J connectivity index is 1.85. The van der Waals surface area contributed by atoms with Crippen LogP contribution in [0.3, 0.4) is 0 Å². The lowest BCUT2D eigenvalue weighted by atomic mass is 10.1. The van der Waals surface area contributed by atoms with Crippen LogP contribution in [0.4, 0.5) is 5.13 Å². The fourth-order valence-corrected chi connectivity index (χ4v) is 3.01. The number of nitrogens with zero attached hydrogens (tertiary/aromatic N) is 1. The zero-order valence-corrected chi connectivity index (χ0v) is 11.9. The number of thiazole rings is 1. The first-order chi connectivity index (χ1) is 8.79. The van der Waals surface area contributed by atoms with Gasteiger partial charge in [0.05, 0.1) is 5.69 Å². The third-order valence-corrected chi connectivity index (χ3v) is 4.08. The lowest BCUT2D eigenvalue weighted by molar-refractivity contribution is 0.924. The maximum atomic E-state index is 4.57. The van der Waals surface area contributed by atoms with E-state index in [9.17, 15) is 0 Å². The van der Waals surface area contributed by atoms with Crippen LogP contribution in [0.2, 0.25) is 0 Å². The van der Waals surface area contributed by atoms with Gasteiger partial charge in [-0.25, -0.2) is 4.98 Å². The summed E-state index contributed by atoms with van der Waals surface area (Å²) in [7, 11) is 0. The average Bonchev–Trinajstić information content (AvgIpc) is 2.72. The molecule has 0 aliphatic rings. The van der Waals surface area contributed by atoms with Gasteiger partial charge >= 0.3 is 0 Å². The fourth-order valence-electron chi connectivity index (χ4n) is 1.92. The van der Waals surface area contributed by atoms with E-state index in [1.807, 2.05) is 0 Å². The molecular weight excluding hydrogens is 240 g/mol. The van der Waals surface area contributed by atoms with Gasteiger partial charge < -0.3 is 5.32 Å². The predicted octanol–water partition coefficient (Wildman–Crippen LogP) is 4.06. The fraction of sp³-hybridized carbons (Fsp3) is 0.400. The van der Waals surface area contributed by atoms with Crippen molar-refractivity contribution in [2.24, 2.45) is 0 Å². The Morgan fingerprint density at radius 3 is 2.67 bits per heavy atom. The Kier molecular flexibility index (Phi) is 4.76. The van der Waals surface area contributed by atoms with E-state index in [0.717, 1.165) is 24.5 Å². The summed E-state index contributed by atoms with van der Waals surface area (Å²) < 4.78 is 0. The van der Waals surface area contributed by atoms with E-state index < -0.39 is 0 Å². The quantitative estimate of drug-likeness (QED) is 0.847. The van der Waals surface area contributed by atoms with Crippen molar-refractivity contribution in [3.8, 4) is 0 Å². The first-order valence-electron chi connectivity index (χ1n) is 6.53. The largest absolute Gasteiger partial charge is 0.361 e. The first-order valence-corrected chi connectivity index (χ1v) is 7.35. The molecule has 1 heterocycles. The Bertz CT molecular complexity index is 476. The van der Waals surface area contributed by atoms with Gasteiger partial charge in [0.2, 0.25) is 0 Å². The Labute approximate surface area is 113 Å². The van der Waals surface area contributed by atoms with Crippen LogP contribution < -0.4 is 5.32 Å². The molecule has 96 valence electrons. The van der Waals surface area contributed by atoms with Gasteiger partial charge in [-0.1, -0.05) is 43.7 Å². The van der Waals surface area contributed by atoms with Crippen LogP contribution in [0.25, 0.3) is 0 Å². The molecule has 0 saturated carbocycles. The highest BCUT2D eigenvalue weighted by Gasteiger charge is 2.05. The number of rotatable bonds is 6. The molecule has 1 aromatic heterocycles. The Hall–Kier alpha value is -1.35. The summed E-state index contributed by atoms with van der Waals surface area (Å²) in [6.45, 7) is 5.26. The van der Waals surface area contributed by atoms with Gasteiger partial charge in [-0.15, -0.1) is 11.3 Å². The number of nitrogens with one attached hydrogen (secondary N) is 1. The molecule has 1 N–H and O–H groups in total. The molecule has 0 unspecified atom stereocenters. The zero-order chi connectivity index (χ0) is 12.8. The summed E-state index contributed by atoms with van der Waals surface area (Å²) in [6.07, 6.45) is 3.37. The Morgan fingerprint density at radius 2 is 1.94 bits per heavy atom. The minimum Gasteiger partial charge on any atom is -0.361 e. The summed E-state index contributed by atoms with van der Waals surface area (Å²) in [5.74, 6) is 0. The number of aromatic nitrogens is 1. The predicted molar refractivity (Wildman–Crippen MR) is 79.5 cm³/mol. The number of hydrogen-bond donors (Lipinski definition) is 1. The van der Waals surface area contributed by atoms with Crippen LogP contribution >= 0.6 is 11.3 Å². The van der Waals surface area contributed by atoms with E-state index in [1.54, 1.807) is 11.3 Å². The van der Waals surface area contributed by atoms with E-state index >= 15 is 0 Å². The molecule has 0 spiro atoms. The second kappa shape index (κ2) is 6.55. The smallest absolute Gasteiger partial charge is 0.183 e. The molecule has 0 atom stereocenters. The van der Waals surface area contributed by atoms with E-state index in [1.165, 1.54) is 22.6 Å². The summed E-state index contributed by atoms with van der Waals surface area (Å²) in [5.41, 5.74) is 2.55. The Morgan fingerprint density at radius 1 is 1.17 bits per heavy atom. The SMILES string of the molecule is CCCc1sc(NCCc2ccccc2)nc1C. The molecule has 18 heavy (non-hydrogen) atoms. The highest BCUT2D eigenvalue weighted by molar-refractivity contribution is 7.15. The van der Waals surface area contributed by atoms with Crippen molar-refractivity contribution in [2.75, 3.05) is 11.9 Å². The van der Waals surface area contributed by atoms with E-state index in [0.29, 0.717) is 0 Å². The highest BCUT2D eigenvalue weighted by Crippen LogP contribution is 2.23. The van der Waals surface area contributed by atoms with E-state index in [2.05, 4.69) is 54.5 Å². The van der Waals surface area contributed by atoms with Crippen LogP contribution in [0.15, 0.2) is 30.3 Å². The number of hydrogen-bond acceptors (Lipinski definition) is 3. The van der Waals surface area contributed by atoms with Crippen molar-refractivity contribution in [1.82, 2.24) is 4.98 Å². The van der Waals surface area contributed by atoms with E-state index in [4.69, 9.17) is 0 Å². The van der Waals surface area contributed by atoms with Crippen LogP contribution in [0.1, 0.15) is 29.5 Å². The molecule has 3 heteroatoms. The summed E-state index contributed by atoms with van der Waals surface area (Å²) in [5, 5.41) is 4.48.